The van der Waals surface area contributed by atoms with Crippen LogP contribution in [0.3, 0.4) is 0 Å². The van der Waals surface area contributed by atoms with Crippen molar-refractivity contribution in [1.82, 2.24) is 9.97 Å². The summed E-state index contributed by atoms with van der Waals surface area (Å²) >= 11 is 0. The molecule has 3 aromatic carbocycles. The van der Waals surface area contributed by atoms with E-state index >= 15 is 4.39 Å². The molecule has 0 fully saturated rings. The third-order valence-corrected chi connectivity index (χ3v) is 6.69. The molecule has 0 radical (unpaired) electrons. The van der Waals surface area contributed by atoms with E-state index in [1.807, 2.05) is 24.3 Å². The van der Waals surface area contributed by atoms with Crippen LogP contribution in [0.25, 0.3) is 10.8 Å². The molecule has 212 valence electrons. The average Bonchev–Trinajstić information content (AvgIpc) is 2.95. The van der Waals surface area contributed by atoms with E-state index in [9.17, 15) is 13.2 Å². The number of ether oxygens (including phenoxy) is 2. The molecule has 8 heteroatoms. The van der Waals surface area contributed by atoms with Crippen LogP contribution >= 0.6 is 0 Å². The zero-order valence-electron chi connectivity index (χ0n) is 22.6. The minimum atomic E-state index is -4.38. The lowest BCUT2D eigenvalue weighted by molar-refractivity contribution is -0.153. The lowest BCUT2D eigenvalue weighted by Crippen LogP contribution is -2.19. The van der Waals surface area contributed by atoms with Gasteiger partial charge in [-0.25, -0.2) is 14.4 Å². The molecule has 4 nitrogen and oxygen atoms in total. The van der Waals surface area contributed by atoms with Crippen molar-refractivity contribution in [1.29, 1.82) is 0 Å². The van der Waals surface area contributed by atoms with Gasteiger partial charge in [0.2, 0.25) is 0 Å². The van der Waals surface area contributed by atoms with Gasteiger partial charge >= 0.3 is 6.18 Å². The second-order valence-corrected chi connectivity index (χ2v) is 9.89. The molecule has 1 heterocycles. The predicted octanol–water partition coefficient (Wildman–Crippen LogP) is 8.24. The molecule has 0 bridgehead atoms. The molecule has 0 unspecified atom stereocenters. The number of rotatable bonds is 14. The third-order valence-electron chi connectivity index (χ3n) is 6.69. The standard InChI is InChI=1S/C32H34F4N2O2/c1-2-3-4-5-18-39-28-20-37-30(38-21-28)17-10-24-9-16-29-26(19-24)13-12-25(31(29)33)11-6-23-7-14-27(15-8-23)40-22-32(34,35)36/h7-9,12-16,19-21H,2-6,10-11,17-18,22H2,1H3. The summed E-state index contributed by atoms with van der Waals surface area (Å²) in [5.41, 5.74) is 2.56. The minimum absolute atomic E-state index is 0.152. The van der Waals surface area contributed by atoms with Crippen LogP contribution in [0.2, 0.25) is 0 Å². The van der Waals surface area contributed by atoms with Crippen LogP contribution in [-0.2, 0) is 25.7 Å². The van der Waals surface area contributed by atoms with Gasteiger partial charge in [-0.05, 0) is 59.9 Å². The molecule has 0 aliphatic rings. The predicted molar refractivity (Wildman–Crippen MR) is 148 cm³/mol. The summed E-state index contributed by atoms with van der Waals surface area (Å²) < 4.78 is 62.6. The highest BCUT2D eigenvalue weighted by Gasteiger charge is 2.28. The van der Waals surface area contributed by atoms with E-state index < -0.39 is 12.8 Å². The van der Waals surface area contributed by atoms with Gasteiger partial charge in [-0.1, -0.05) is 68.7 Å². The maximum Gasteiger partial charge on any atom is 0.422 e. The Kier molecular flexibility index (Phi) is 10.3. The van der Waals surface area contributed by atoms with Gasteiger partial charge in [0.1, 0.15) is 17.4 Å². The highest BCUT2D eigenvalue weighted by molar-refractivity contribution is 5.84. The van der Waals surface area contributed by atoms with Gasteiger partial charge in [-0.2, -0.15) is 13.2 Å². The Bertz CT molecular complexity index is 1360. The lowest BCUT2D eigenvalue weighted by Gasteiger charge is -2.11. The number of halogens is 4. The molecular formula is C32H34F4N2O2. The number of hydrogen-bond acceptors (Lipinski definition) is 4. The van der Waals surface area contributed by atoms with Crippen molar-refractivity contribution >= 4 is 10.8 Å². The molecular weight excluding hydrogens is 520 g/mol. The molecule has 0 N–H and O–H groups in total. The summed E-state index contributed by atoms with van der Waals surface area (Å²) in [7, 11) is 0. The second-order valence-electron chi connectivity index (χ2n) is 9.89. The zero-order valence-corrected chi connectivity index (χ0v) is 22.6. The van der Waals surface area contributed by atoms with Gasteiger partial charge in [0, 0.05) is 11.8 Å². The first-order chi connectivity index (χ1) is 19.3. The fourth-order valence-electron chi connectivity index (χ4n) is 4.45. The fourth-order valence-corrected chi connectivity index (χ4v) is 4.45. The van der Waals surface area contributed by atoms with E-state index in [-0.39, 0.29) is 11.6 Å². The van der Waals surface area contributed by atoms with Crippen LogP contribution in [-0.4, -0.2) is 29.4 Å². The number of nitrogens with zero attached hydrogens (tertiary/aromatic N) is 2. The number of hydrogen-bond donors (Lipinski definition) is 0. The molecule has 0 aliphatic carbocycles. The highest BCUT2D eigenvalue weighted by Crippen LogP contribution is 2.25. The Morgan fingerprint density at radius 2 is 1.45 bits per heavy atom. The third kappa shape index (κ3) is 8.93. The monoisotopic (exact) mass is 554 g/mol. The van der Waals surface area contributed by atoms with Crippen molar-refractivity contribution in [2.45, 2.75) is 64.5 Å². The van der Waals surface area contributed by atoms with Crippen LogP contribution in [0, 0.1) is 5.82 Å². The number of alkyl halides is 3. The van der Waals surface area contributed by atoms with Crippen LogP contribution in [0.5, 0.6) is 11.5 Å². The topological polar surface area (TPSA) is 44.2 Å². The van der Waals surface area contributed by atoms with Crippen LogP contribution in [0.1, 0.15) is 55.1 Å². The summed E-state index contributed by atoms with van der Waals surface area (Å²) in [6, 6.07) is 15.9. The largest absolute Gasteiger partial charge is 0.490 e. The average molecular weight is 555 g/mol. The van der Waals surface area contributed by atoms with Crippen LogP contribution < -0.4 is 9.47 Å². The first-order valence-electron chi connectivity index (χ1n) is 13.7. The number of aryl methyl sites for hydroxylation is 4. The SMILES string of the molecule is CCCCCCOc1cnc(CCc2ccc3c(F)c(CCc4ccc(OCC(F)(F)F)cc4)ccc3c2)nc1. The number of fused-ring (bicyclic) bond motifs is 1. The number of aromatic nitrogens is 2. The fraction of sp³-hybridized carbons (Fsp3) is 0.375. The Morgan fingerprint density at radius 3 is 2.17 bits per heavy atom. The Balaban J connectivity index is 1.29. The van der Waals surface area contributed by atoms with Crippen molar-refractivity contribution in [3.8, 4) is 11.5 Å². The summed E-state index contributed by atoms with van der Waals surface area (Å²) in [6.45, 7) is 1.53. The lowest BCUT2D eigenvalue weighted by atomic mass is 9.98. The normalized spacial score (nSPS) is 11.6. The molecule has 0 saturated heterocycles. The van der Waals surface area contributed by atoms with Crippen molar-refractivity contribution < 1.29 is 27.0 Å². The van der Waals surface area contributed by atoms with E-state index in [0.29, 0.717) is 42.6 Å². The molecule has 4 aromatic rings. The highest BCUT2D eigenvalue weighted by atomic mass is 19.4. The Morgan fingerprint density at radius 1 is 0.725 bits per heavy atom. The smallest absolute Gasteiger partial charge is 0.422 e. The van der Waals surface area contributed by atoms with Gasteiger partial charge in [0.15, 0.2) is 12.4 Å². The van der Waals surface area contributed by atoms with Gasteiger partial charge in [0.25, 0.3) is 0 Å². The molecule has 0 saturated carbocycles. The molecule has 0 spiro atoms. The van der Waals surface area contributed by atoms with Crippen molar-refractivity contribution in [2.24, 2.45) is 0 Å². The summed E-state index contributed by atoms with van der Waals surface area (Å²) in [6.07, 6.45) is 6.10. The molecule has 40 heavy (non-hydrogen) atoms. The van der Waals surface area contributed by atoms with E-state index in [4.69, 9.17) is 9.47 Å². The van der Waals surface area contributed by atoms with Crippen molar-refractivity contribution in [2.75, 3.05) is 13.2 Å². The van der Waals surface area contributed by atoms with E-state index in [1.54, 1.807) is 30.6 Å². The van der Waals surface area contributed by atoms with E-state index in [1.165, 1.54) is 25.0 Å². The molecule has 0 amide bonds. The molecule has 1 aromatic heterocycles. The number of unbranched alkanes of at least 4 members (excludes halogenated alkanes) is 3. The quantitative estimate of drug-likeness (QED) is 0.116. The van der Waals surface area contributed by atoms with E-state index in [0.717, 1.165) is 41.6 Å². The van der Waals surface area contributed by atoms with Gasteiger partial charge in [0.05, 0.1) is 19.0 Å². The first kappa shape index (κ1) is 29.3. The summed E-state index contributed by atoms with van der Waals surface area (Å²) in [5.74, 6) is 1.33. The Labute approximate surface area is 232 Å². The maximum absolute atomic E-state index is 15.3. The molecule has 0 aliphatic heterocycles. The zero-order chi connectivity index (χ0) is 28.4. The van der Waals surface area contributed by atoms with Crippen molar-refractivity contribution in [3.05, 3.63) is 95.3 Å². The molecule has 0 atom stereocenters. The number of benzene rings is 3. The van der Waals surface area contributed by atoms with E-state index in [2.05, 4.69) is 16.9 Å². The van der Waals surface area contributed by atoms with Crippen LogP contribution in [0.4, 0.5) is 17.6 Å². The minimum Gasteiger partial charge on any atom is -0.490 e. The van der Waals surface area contributed by atoms with Gasteiger partial charge < -0.3 is 9.47 Å². The molecule has 4 rings (SSSR count). The second kappa shape index (κ2) is 14.1. The maximum atomic E-state index is 15.3. The summed E-state index contributed by atoms with van der Waals surface area (Å²) in [5, 5.41) is 1.39. The van der Waals surface area contributed by atoms with Gasteiger partial charge in [-0.3, -0.25) is 0 Å². The first-order valence-corrected chi connectivity index (χ1v) is 13.7. The Hall–Kier alpha value is -3.68. The van der Waals surface area contributed by atoms with Crippen molar-refractivity contribution in [3.63, 3.8) is 0 Å². The summed E-state index contributed by atoms with van der Waals surface area (Å²) in [4.78, 5) is 8.84. The van der Waals surface area contributed by atoms with Crippen LogP contribution in [0.15, 0.2) is 67.0 Å². The van der Waals surface area contributed by atoms with Gasteiger partial charge in [-0.15, -0.1) is 0 Å².